The van der Waals surface area contributed by atoms with Gasteiger partial charge in [-0.05, 0) is 29.2 Å². The minimum absolute atomic E-state index is 0. The van der Waals surface area contributed by atoms with Gasteiger partial charge in [0.15, 0.2) is 0 Å². The third-order valence-corrected chi connectivity index (χ3v) is 4.28. The number of nitrogens with zero attached hydrogens (tertiary/aromatic N) is 2. The Bertz CT molecular complexity index is 744. The zero-order chi connectivity index (χ0) is 14.2. The molecule has 0 atom stereocenters. The number of hydrogen-bond acceptors (Lipinski definition) is 2. The maximum atomic E-state index is 4.71. The molecule has 0 N–H and O–H groups in total. The molecule has 22 heavy (non-hydrogen) atoms. The summed E-state index contributed by atoms with van der Waals surface area (Å²) < 4.78 is 0. The Morgan fingerprint density at radius 2 is 1.82 bits per heavy atom. The molecular formula is C19H19ClN2. The summed E-state index contributed by atoms with van der Waals surface area (Å²) in [7, 11) is 0. The quantitative estimate of drug-likeness (QED) is 0.810. The minimum Gasteiger partial charge on any atom is -0.324 e. The number of halogens is 1. The van der Waals surface area contributed by atoms with Gasteiger partial charge in [-0.2, -0.15) is 0 Å². The summed E-state index contributed by atoms with van der Waals surface area (Å²) in [4.78, 5) is 7.06. The molecule has 2 aliphatic rings. The summed E-state index contributed by atoms with van der Waals surface area (Å²) in [5.74, 6) is 1.13. The average molecular weight is 311 g/mol. The fraction of sp³-hybridized carbons (Fsp3) is 0.211. The topological polar surface area (TPSA) is 15.6 Å². The van der Waals surface area contributed by atoms with E-state index in [1.807, 2.05) is 0 Å². The maximum Gasteiger partial charge on any atom is 0.136 e. The molecule has 4 rings (SSSR count). The molecule has 0 saturated carbocycles. The molecule has 2 heterocycles. The largest absolute Gasteiger partial charge is 0.324 e. The zero-order valence-corrected chi connectivity index (χ0v) is 13.4. The van der Waals surface area contributed by atoms with Gasteiger partial charge >= 0.3 is 0 Å². The van der Waals surface area contributed by atoms with Crippen LogP contribution in [0.2, 0.25) is 0 Å². The van der Waals surface area contributed by atoms with E-state index in [1.165, 1.54) is 28.0 Å². The first kappa shape index (κ1) is 14.9. The van der Waals surface area contributed by atoms with E-state index in [4.69, 9.17) is 4.99 Å². The predicted octanol–water partition coefficient (Wildman–Crippen LogP) is 4.24. The maximum absolute atomic E-state index is 4.71. The van der Waals surface area contributed by atoms with Gasteiger partial charge in [-0.1, -0.05) is 55.5 Å². The molecule has 2 aromatic carbocycles. The van der Waals surface area contributed by atoms with Crippen molar-refractivity contribution in [3.8, 4) is 0 Å². The van der Waals surface area contributed by atoms with Crippen molar-refractivity contribution in [3.05, 3.63) is 70.8 Å². The van der Waals surface area contributed by atoms with Gasteiger partial charge in [0.1, 0.15) is 5.84 Å². The first-order valence-electron chi connectivity index (χ1n) is 7.59. The summed E-state index contributed by atoms with van der Waals surface area (Å²) in [5.41, 5.74) is 6.45. The van der Waals surface area contributed by atoms with E-state index in [9.17, 15) is 0 Å². The van der Waals surface area contributed by atoms with Crippen LogP contribution >= 0.6 is 12.4 Å². The van der Waals surface area contributed by atoms with E-state index in [0.717, 1.165) is 25.3 Å². The Kier molecular flexibility index (Phi) is 4.04. The molecule has 0 radical (unpaired) electrons. The minimum atomic E-state index is 0. The Morgan fingerprint density at radius 3 is 2.59 bits per heavy atom. The van der Waals surface area contributed by atoms with Crippen molar-refractivity contribution in [2.24, 2.45) is 4.99 Å². The fourth-order valence-electron chi connectivity index (χ4n) is 3.11. The van der Waals surface area contributed by atoms with Crippen LogP contribution in [0.15, 0.2) is 53.5 Å². The van der Waals surface area contributed by atoms with Crippen LogP contribution in [0.3, 0.4) is 0 Å². The number of benzene rings is 2. The van der Waals surface area contributed by atoms with Crippen molar-refractivity contribution in [2.75, 3.05) is 13.1 Å². The van der Waals surface area contributed by atoms with Crippen LogP contribution in [0, 0.1) is 0 Å². The normalized spacial score (nSPS) is 15.4. The Hall–Kier alpha value is -2.06. The second-order valence-electron chi connectivity index (χ2n) is 5.52. The van der Waals surface area contributed by atoms with E-state index in [-0.39, 0.29) is 12.4 Å². The SMILES string of the molecule is CCc1ccc(C2=Cc3ccccc3C3=NCCN23)cc1.Cl. The molecule has 0 unspecified atom stereocenters. The highest BCUT2D eigenvalue weighted by Gasteiger charge is 2.28. The van der Waals surface area contributed by atoms with Crippen molar-refractivity contribution < 1.29 is 0 Å². The van der Waals surface area contributed by atoms with Crippen molar-refractivity contribution in [2.45, 2.75) is 13.3 Å². The molecule has 0 fully saturated rings. The van der Waals surface area contributed by atoms with Crippen molar-refractivity contribution in [1.82, 2.24) is 4.90 Å². The lowest BCUT2D eigenvalue weighted by atomic mass is 9.97. The van der Waals surface area contributed by atoms with Gasteiger partial charge in [0.2, 0.25) is 0 Å². The van der Waals surface area contributed by atoms with Crippen molar-refractivity contribution >= 4 is 30.0 Å². The number of aryl methyl sites for hydroxylation is 1. The van der Waals surface area contributed by atoms with Gasteiger partial charge in [-0.3, -0.25) is 4.99 Å². The molecule has 0 saturated heterocycles. The van der Waals surface area contributed by atoms with Gasteiger partial charge in [0, 0.05) is 12.1 Å². The van der Waals surface area contributed by atoms with Gasteiger partial charge in [0.25, 0.3) is 0 Å². The highest BCUT2D eigenvalue weighted by atomic mass is 35.5. The number of amidine groups is 1. The summed E-state index contributed by atoms with van der Waals surface area (Å²) in [6.45, 7) is 4.05. The lowest BCUT2D eigenvalue weighted by molar-refractivity contribution is 0.637. The number of aliphatic imine (C=N–C) groups is 1. The highest BCUT2D eigenvalue weighted by molar-refractivity contribution is 6.12. The molecule has 3 heteroatoms. The third kappa shape index (κ3) is 2.34. The molecule has 112 valence electrons. The van der Waals surface area contributed by atoms with E-state index in [0.29, 0.717) is 0 Å². The lowest BCUT2D eigenvalue weighted by Gasteiger charge is -2.29. The van der Waals surface area contributed by atoms with Crippen LogP contribution in [0.5, 0.6) is 0 Å². The lowest BCUT2D eigenvalue weighted by Crippen LogP contribution is -2.30. The van der Waals surface area contributed by atoms with Gasteiger partial charge in [0.05, 0.1) is 12.2 Å². The van der Waals surface area contributed by atoms with E-state index in [1.54, 1.807) is 0 Å². The Labute approximate surface area is 137 Å². The van der Waals surface area contributed by atoms with E-state index < -0.39 is 0 Å². The van der Waals surface area contributed by atoms with Crippen molar-refractivity contribution in [3.63, 3.8) is 0 Å². The second kappa shape index (κ2) is 5.98. The molecule has 2 nitrogen and oxygen atoms in total. The fourth-order valence-corrected chi connectivity index (χ4v) is 3.11. The summed E-state index contributed by atoms with van der Waals surface area (Å²) in [6.07, 6.45) is 3.37. The Balaban J connectivity index is 0.00000144. The molecule has 0 amide bonds. The number of rotatable bonds is 2. The smallest absolute Gasteiger partial charge is 0.136 e. The highest BCUT2D eigenvalue weighted by Crippen LogP contribution is 2.33. The van der Waals surface area contributed by atoms with E-state index >= 15 is 0 Å². The molecule has 0 spiro atoms. The molecule has 0 aliphatic carbocycles. The molecule has 2 aromatic rings. The molecule has 0 aromatic heterocycles. The summed E-state index contributed by atoms with van der Waals surface area (Å²) in [6, 6.07) is 17.4. The van der Waals surface area contributed by atoms with Crippen LogP contribution < -0.4 is 0 Å². The zero-order valence-electron chi connectivity index (χ0n) is 12.6. The number of hydrogen-bond donors (Lipinski definition) is 0. The third-order valence-electron chi connectivity index (χ3n) is 4.28. The van der Waals surface area contributed by atoms with Crippen LogP contribution in [-0.2, 0) is 6.42 Å². The van der Waals surface area contributed by atoms with Crippen LogP contribution in [0.1, 0.15) is 29.2 Å². The van der Waals surface area contributed by atoms with Crippen LogP contribution in [0.25, 0.3) is 11.8 Å². The molecular weight excluding hydrogens is 292 g/mol. The molecule has 0 bridgehead atoms. The van der Waals surface area contributed by atoms with Crippen molar-refractivity contribution in [1.29, 1.82) is 0 Å². The summed E-state index contributed by atoms with van der Waals surface area (Å²) >= 11 is 0. The monoisotopic (exact) mass is 310 g/mol. The van der Waals surface area contributed by atoms with Gasteiger partial charge in [-0.25, -0.2) is 0 Å². The predicted molar refractivity (Wildman–Crippen MR) is 95.5 cm³/mol. The summed E-state index contributed by atoms with van der Waals surface area (Å²) in [5, 5.41) is 0. The average Bonchev–Trinajstić information content (AvgIpc) is 3.04. The van der Waals surface area contributed by atoms with Gasteiger partial charge < -0.3 is 4.90 Å². The second-order valence-corrected chi connectivity index (χ2v) is 5.52. The van der Waals surface area contributed by atoms with E-state index in [2.05, 4.69) is 66.4 Å². The first-order chi connectivity index (χ1) is 10.4. The first-order valence-corrected chi connectivity index (χ1v) is 7.59. The van der Waals surface area contributed by atoms with Gasteiger partial charge in [-0.15, -0.1) is 12.4 Å². The Morgan fingerprint density at radius 1 is 1.05 bits per heavy atom. The standard InChI is InChI=1S/C19H18N2.ClH/c1-2-14-7-9-15(10-8-14)18-13-16-5-3-4-6-17(16)19-20-11-12-21(18)19;/h3-10,13H,2,11-12H2,1H3;1H. The van der Waals surface area contributed by atoms with Crippen LogP contribution in [-0.4, -0.2) is 23.8 Å². The number of fused-ring (bicyclic) bond motifs is 3. The molecule has 2 aliphatic heterocycles. The van der Waals surface area contributed by atoms with Crippen LogP contribution in [0.4, 0.5) is 0 Å².